The van der Waals surface area contributed by atoms with Gasteiger partial charge in [-0.05, 0) is 85.5 Å². The van der Waals surface area contributed by atoms with Gasteiger partial charge in [-0.15, -0.1) is 0 Å². The van der Waals surface area contributed by atoms with E-state index in [-0.39, 0.29) is 18.9 Å². The van der Waals surface area contributed by atoms with Crippen LogP contribution in [-0.2, 0) is 27.3 Å². The molecule has 0 atom stereocenters. The Hall–Kier alpha value is -1.15. The number of rotatable bonds is 6. The lowest BCUT2D eigenvalue weighted by Gasteiger charge is -2.20. The molecule has 0 aliphatic carbocycles. The quantitative estimate of drug-likeness (QED) is 0.533. The summed E-state index contributed by atoms with van der Waals surface area (Å²) in [6.45, 7) is 9.96. The van der Waals surface area contributed by atoms with Crippen molar-refractivity contribution in [2.75, 3.05) is 6.54 Å². The average molecular weight is 433 g/mol. The molecule has 0 saturated carbocycles. The van der Waals surface area contributed by atoms with Gasteiger partial charge in [0.25, 0.3) is 0 Å². The van der Waals surface area contributed by atoms with E-state index in [9.17, 15) is 9.59 Å². The number of ether oxygens (including phenoxy) is 1. The van der Waals surface area contributed by atoms with Crippen molar-refractivity contribution in [3.63, 3.8) is 0 Å². The number of esters is 1. The smallest absolute Gasteiger partial charge is 0.320 e. The Bertz CT molecular complexity index is 606. The molecule has 5 nitrogen and oxygen atoms in total. The molecule has 0 aliphatic heterocycles. The van der Waals surface area contributed by atoms with E-state index in [0.29, 0.717) is 6.54 Å². The molecule has 0 unspecified atom stereocenters. The minimum absolute atomic E-state index is 0.00751. The van der Waals surface area contributed by atoms with Gasteiger partial charge in [-0.3, -0.25) is 9.59 Å². The molecule has 1 aromatic rings. The first-order valence-electron chi connectivity index (χ1n) is 7.43. The van der Waals surface area contributed by atoms with Gasteiger partial charge in [0.2, 0.25) is 0 Å². The van der Waals surface area contributed by atoms with Crippen molar-refractivity contribution in [3.05, 3.63) is 31.9 Å². The number of carbonyl (C=O) groups excluding carboxylic acids is 1. The maximum absolute atomic E-state index is 11.7. The van der Waals surface area contributed by atoms with Crippen molar-refractivity contribution in [2.24, 2.45) is 0 Å². The summed E-state index contributed by atoms with van der Waals surface area (Å²) in [6, 6.07) is 2.03. The van der Waals surface area contributed by atoms with E-state index in [4.69, 9.17) is 9.84 Å². The van der Waals surface area contributed by atoms with E-state index < -0.39 is 11.6 Å². The van der Waals surface area contributed by atoms with E-state index in [1.54, 1.807) is 0 Å². The average Bonchev–Trinajstić information content (AvgIpc) is 2.38. The standard InChI is InChI=1S/C17H24INO4/c1-10-12(8-19-9-16(22)23-17(3,4)5)6-14(18)11(2)13(10)7-15(20)21/h6,19H,7-9H2,1-5H3,(H,20,21). The molecule has 1 rings (SSSR count). The van der Waals surface area contributed by atoms with Gasteiger partial charge in [-0.25, -0.2) is 0 Å². The zero-order valence-electron chi connectivity index (χ0n) is 14.2. The van der Waals surface area contributed by atoms with Crippen LogP contribution >= 0.6 is 22.6 Å². The van der Waals surface area contributed by atoms with Gasteiger partial charge in [0.15, 0.2) is 0 Å². The number of carboxylic acids is 1. The molecular weight excluding hydrogens is 409 g/mol. The van der Waals surface area contributed by atoms with E-state index in [1.807, 2.05) is 40.7 Å². The molecule has 1 aromatic carbocycles. The Balaban J connectivity index is 2.80. The van der Waals surface area contributed by atoms with Gasteiger partial charge >= 0.3 is 11.9 Å². The molecule has 0 radical (unpaired) electrons. The minimum Gasteiger partial charge on any atom is -0.481 e. The Kier molecular flexibility index (Phi) is 7.01. The number of hydrogen-bond acceptors (Lipinski definition) is 4. The molecule has 6 heteroatoms. The monoisotopic (exact) mass is 433 g/mol. The third kappa shape index (κ3) is 6.47. The summed E-state index contributed by atoms with van der Waals surface area (Å²) in [5.74, 6) is -1.14. The summed E-state index contributed by atoms with van der Waals surface area (Å²) in [4.78, 5) is 22.8. The summed E-state index contributed by atoms with van der Waals surface area (Å²) in [6.07, 6.45) is 0.00751. The molecule has 0 spiro atoms. The fourth-order valence-electron chi connectivity index (χ4n) is 2.27. The van der Waals surface area contributed by atoms with Crippen LogP contribution in [0.1, 0.15) is 43.0 Å². The Morgan fingerprint density at radius 1 is 1.26 bits per heavy atom. The van der Waals surface area contributed by atoms with Gasteiger partial charge in [-0.1, -0.05) is 0 Å². The Morgan fingerprint density at radius 2 is 1.87 bits per heavy atom. The predicted octanol–water partition coefficient (Wildman–Crippen LogP) is 2.97. The largest absolute Gasteiger partial charge is 0.481 e. The van der Waals surface area contributed by atoms with Gasteiger partial charge in [0.1, 0.15) is 5.60 Å². The van der Waals surface area contributed by atoms with Crippen LogP contribution in [0.2, 0.25) is 0 Å². The van der Waals surface area contributed by atoms with Crippen molar-refractivity contribution >= 4 is 34.5 Å². The van der Waals surface area contributed by atoms with Crippen LogP contribution in [0.15, 0.2) is 6.07 Å². The molecule has 0 saturated heterocycles. The topological polar surface area (TPSA) is 75.6 Å². The van der Waals surface area contributed by atoms with E-state index >= 15 is 0 Å². The number of carboxylic acid groups (broad SMARTS) is 1. The van der Waals surface area contributed by atoms with Crippen molar-refractivity contribution < 1.29 is 19.4 Å². The lowest BCUT2D eigenvalue weighted by molar-refractivity contribution is -0.153. The lowest BCUT2D eigenvalue weighted by atomic mass is 9.95. The van der Waals surface area contributed by atoms with Crippen LogP contribution in [0.25, 0.3) is 0 Å². The summed E-state index contributed by atoms with van der Waals surface area (Å²) >= 11 is 2.21. The fourth-order valence-corrected chi connectivity index (χ4v) is 2.97. The normalized spacial score (nSPS) is 11.4. The molecule has 0 amide bonds. The molecule has 128 valence electrons. The van der Waals surface area contributed by atoms with E-state index in [2.05, 4.69) is 27.9 Å². The van der Waals surface area contributed by atoms with Crippen LogP contribution < -0.4 is 5.32 Å². The van der Waals surface area contributed by atoms with Gasteiger partial charge in [0.05, 0.1) is 13.0 Å². The van der Waals surface area contributed by atoms with Gasteiger partial charge in [-0.2, -0.15) is 0 Å². The number of halogens is 1. The summed E-state index contributed by atoms with van der Waals surface area (Å²) in [5, 5.41) is 12.1. The molecule has 23 heavy (non-hydrogen) atoms. The number of benzene rings is 1. The second kappa shape index (κ2) is 8.10. The predicted molar refractivity (Wildman–Crippen MR) is 97.5 cm³/mol. The number of nitrogens with one attached hydrogen (secondary N) is 1. The highest BCUT2D eigenvalue weighted by molar-refractivity contribution is 14.1. The molecule has 0 aliphatic rings. The SMILES string of the molecule is Cc1c(I)cc(CNCC(=O)OC(C)(C)C)c(C)c1CC(=O)O. The number of carbonyl (C=O) groups is 2. The zero-order chi connectivity index (χ0) is 17.8. The summed E-state index contributed by atoms with van der Waals surface area (Å²) in [5.41, 5.74) is 3.31. The first-order chi connectivity index (χ1) is 10.5. The third-order valence-electron chi connectivity index (χ3n) is 3.38. The summed E-state index contributed by atoms with van der Waals surface area (Å²) in [7, 11) is 0. The van der Waals surface area contributed by atoms with Crippen molar-refractivity contribution in [2.45, 2.75) is 53.2 Å². The van der Waals surface area contributed by atoms with Crippen molar-refractivity contribution in [1.82, 2.24) is 5.32 Å². The second-order valence-corrected chi connectivity index (χ2v) is 7.67. The highest BCUT2D eigenvalue weighted by atomic mass is 127. The van der Waals surface area contributed by atoms with E-state index in [0.717, 1.165) is 25.8 Å². The first-order valence-corrected chi connectivity index (χ1v) is 8.51. The molecular formula is C17H24INO4. The Morgan fingerprint density at radius 3 is 2.39 bits per heavy atom. The van der Waals surface area contributed by atoms with Gasteiger partial charge < -0.3 is 15.2 Å². The maximum atomic E-state index is 11.7. The minimum atomic E-state index is -0.842. The second-order valence-electron chi connectivity index (χ2n) is 6.51. The van der Waals surface area contributed by atoms with Crippen LogP contribution in [0, 0.1) is 17.4 Å². The Labute approximate surface area is 150 Å². The van der Waals surface area contributed by atoms with Crippen molar-refractivity contribution in [3.8, 4) is 0 Å². The number of hydrogen-bond donors (Lipinski definition) is 2. The van der Waals surface area contributed by atoms with Crippen LogP contribution in [0.3, 0.4) is 0 Å². The third-order valence-corrected chi connectivity index (χ3v) is 4.50. The maximum Gasteiger partial charge on any atom is 0.320 e. The number of aliphatic carboxylic acids is 1. The van der Waals surface area contributed by atoms with Crippen molar-refractivity contribution in [1.29, 1.82) is 0 Å². The van der Waals surface area contributed by atoms with Crippen LogP contribution in [0.4, 0.5) is 0 Å². The van der Waals surface area contributed by atoms with E-state index in [1.165, 1.54) is 0 Å². The van der Waals surface area contributed by atoms with Crippen LogP contribution in [-0.4, -0.2) is 29.2 Å². The van der Waals surface area contributed by atoms with Crippen LogP contribution in [0.5, 0.6) is 0 Å². The molecule has 0 bridgehead atoms. The van der Waals surface area contributed by atoms with Gasteiger partial charge in [0, 0.05) is 10.1 Å². The molecule has 0 aromatic heterocycles. The molecule has 2 N–H and O–H groups in total. The molecule has 0 fully saturated rings. The summed E-state index contributed by atoms with van der Waals surface area (Å²) < 4.78 is 6.27. The lowest BCUT2D eigenvalue weighted by Crippen LogP contribution is -2.31. The highest BCUT2D eigenvalue weighted by Gasteiger charge is 2.17. The first kappa shape index (κ1) is 19.9. The fraction of sp³-hybridized carbons (Fsp3) is 0.529. The zero-order valence-corrected chi connectivity index (χ0v) is 16.4. The molecule has 0 heterocycles. The highest BCUT2D eigenvalue weighted by Crippen LogP contribution is 2.24.